The summed E-state index contributed by atoms with van der Waals surface area (Å²) in [6, 6.07) is 8.74. The van der Waals surface area contributed by atoms with Crippen LogP contribution >= 0.6 is 27.5 Å². The Hall–Kier alpha value is -1.96. The maximum Gasteiger partial charge on any atom is 0.280 e. The highest BCUT2D eigenvalue weighted by Gasteiger charge is 2.72. The molecule has 0 radical (unpaired) electrons. The Labute approximate surface area is 142 Å². The molecule has 2 aromatic carbocycles. The number of ketones is 1. The number of nitrogens with zero attached hydrogens (tertiary/aromatic N) is 1. The lowest BCUT2D eigenvalue weighted by molar-refractivity contribution is -0.387. The van der Waals surface area contributed by atoms with Crippen molar-refractivity contribution in [3.8, 4) is 5.75 Å². The number of nitro groups is 1. The fraction of sp³-hybridized carbons (Fsp3) is 0.133. The van der Waals surface area contributed by atoms with Gasteiger partial charge in [0.05, 0.1) is 4.92 Å². The molecule has 116 valence electrons. The van der Waals surface area contributed by atoms with Crippen molar-refractivity contribution in [2.45, 2.75) is 10.7 Å². The van der Waals surface area contributed by atoms with Gasteiger partial charge in [0, 0.05) is 21.7 Å². The fourth-order valence-corrected chi connectivity index (χ4v) is 3.93. The Balaban J connectivity index is 2.07. The van der Waals surface area contributed by atoms with Crippen LogP contribution in [0.4, 0.5) is 5.69 Å². The summed E-state index contributed by atoms with van der Waals surface area (Å²) in [5.74, 6) is -2.75. The van der Waals surface area contributed by atoms with Crippen molar-refractivity contribution in [2.75, 3.05) is 0 Å². The van der Waals surface area contributed by atoms with Gasteiger partial charge in [-0.05, 0) is 12.1 Å². The molecule has 1 aliphatic heterocycles. The predicted octanol–water partition coefficient (Wildman–Crippen LogP) is 3.23. The van der Waals surface area contributed by atoms with Crippen LogP contribution in [0, 0.1) is 10.1 Å². The lowest BCUT2D eigenvalue weighted by atomic mass is 9.91. The molecule has 2 atom stereocenters. The maximum absolute atomic E-state index is 12.8. The van der Waals surface area contributed by atoms with Gasteiger partial charge in [-0.2, -0.15) is 0 Å². The van der Waals surface area contributed by atoms with Gasteiger partial charge in [-0.25, -0.2) is 0 Å². The zero-order valence-electron chi connectivity index (χ0n) is 11.2. The zero-order chi connectivity index (χ0) is 16.6. The van der Waals surface area contributed by atoms with Gasteiger partial charge >= 0.3 is 0 Å². The number of alkyl halides is 1. The first-order valence-corrected chi connectivity index (χ1v) is 7.71. The quantitative estimate of drug-likeness (QED) is 0.454. The van der Waals surface area contributed by atoms with Crippen LogP contribution in [0.15, 0.2) is 40.9 Å². The number of carbonyl (C=O) groups excluding carboxylic acids is 1. The molecule has 0 saturated carbocycles. The summed E-state index contributed by atoms with van der Waals surface area (Å²) in [4.78, 5) is 21.5. The number of nitro benzene ring substituents is 1. The lowest BCUT2D eigenvalue weighted by Gasteiger charge is -2.27. The van der Waals surface area contributed by atoms with Crippen LogP contribution in [0.1, 0.15) is 21.5 Å². The minimum atomic E-state index is -2.33. The molecule has 0 amide bonds. The first-order chi connectivity index (χ1) is 10.8. The number of hydrogen-bond donors (Lipinski definition) is 1. The van der Waals surface area contributed by atoms with Gasteiger partial charge in [-0.3, -0.25) is 14.9 Å². The highest BCUT2D eigenvalue weighted by Crippen LogP contribution is 2.63. The minimum Gasteiger partial charge on any atom is -0.455 e. The Morgan fingerprint density at radius 2 is 2.04 bits per heavy atom. The Morgan fingerprint density at radius 3 is 2.74 bits per heavy atom. The highest BCUT2D eigenvalue weighted by molar-refractivity contribution is 9.10. The smallest absolute Gasteiger partial charge is 0.280 e. The van der Waals surface area contributed by atoms with Crippen LogP contribution < -0.4 is 4.74 Å². The number of fused-ring (bicyclic) bond motifs is 5. The van der Waals surface area contributed by atoms with Gasteiger partial charge in [-0.15, -0.1) is 0 Å². The number of rotatable bonds is 1. The van der Waals surface area contributed by atoms with E-state index in [2.05, 4.69) is 15.9 Å². The average molecular weight is 397 g/mol. The molecule has 0 saturated heterocycles. The third-order valence-electron chi connectivity index (χ3n) is 4.17. The van der Waals surface area contributed by atoms with Crippen molar-refractivity contribution in [2.24, 2.45) is 0 Å². The van der Waals surface area contributed by atoms with Crippen molar-refractivity contribution in [1.29, 1.82) is 0 Å². The standard InChI is InChI=1S/C15H7BrClNO5/c16-7-4-5-9-11(6-7)23-15(20)12-8(13(19)14(9,15)17)2-1-3-10(12)18(21)22/h1-6,20H. The minimum absolute atomic E-state index is 0.00901. The molecule has 4 rings (SSSR count). The summed E-state index contributed by atoms with van der Waals surface area (Å²) < 4.78 is 6.22. The third kappa shape index (κ3) is 1.54. The number of halogens is 2. The largest absolute Gasteiger partial charge is 0.455 e. The van der Waals surface area contributed by atoms with Crippen molar-refractivity contribution < 1.29 is 19.6 Å². The second kappa shape index (κ2) is 4.31. The molecule has 0 aromatic heterocycles. The van der Waals surface area contributed by atoms with E-state index in [1.807, 2.05) is 0 Å². The summed E-state index contributed by atoms with van der Waals surface area (Å²) in [5.41, 5.74) is -0.351. The summed E-state index contributed by atoms with van der Waals surface area (Å²) in [6.07, 6.45) is 0. The molecular formula is C15H7BrClNO5. The molecule has 1 N–H and O–H groups in total. The van der Waals surface area contributed by atoms with Gasteiger partial charge in [0.1, 0.15) is 11.3 Å². The average Bonchev–Trinajstić information content (AvgIpc) is 2.83. The second-order valence-corrected chi connectivity index (χ2v) is 6.81. The van der Waals surface area contributed by atoms with E-state index in [1.54, 1.807) is 18.2 Å². The third-order valence-corrected chi connectivity index (χ3v) is 5.30. The van der Waals surface area contributed by atoms with Crippen molar-refractivity contribution in [3.63, 3.8) is 0 Å². The van der Waals surface area contributed by atoms with Gasteiger partial charge in [0.2, 0.25) is 4.87 Å². The molecule has 2 aliphatic rings. The first-order valence-electron chi connectivity index (χ1n) is 6.53. The highest BCUT2D eigenvalue weighted by atomic mass is 79.9. The van der Waals surface area contributed by atoms with Gasteiger partial charge in [-0.1, -0.05) is 45.7 Å². The van der Waals surface area contributed by atoms with E-state index in [1.165, 1.54) is 18.2 Å². The lowest BCUT2D eigenvalue weighted by Crippen LogP contribution is -2.44. The molecule has 1 aliphatic carbocycles. The maximum atomic E-state index is 12.8. The number of benzene rings is 2. The number of ether oxygens (including phenoxy) is 1. The molecule has 1 heterocycles. The second-order valence-electron chi connectivity index (χ2n) is 5.33. The Morgan fingerprint density at radius 1 is 1.30 bits per heavy atom. The molecule has 6 nitrogen and oxygen atoms in total. The molecule has 23 heavy (non-hydrogen) atoms. The normalized spacial score (nSPS) is 27.2. The molecule has 2 aromatic rings. The van der Waals surface area contributed by atoms with Crippen molar-refractivity contribution >= 4 is 39.0 Å². The van der Waals surface area contributed by atoms with Crippen LogP contribution in [-0.4, -0.2) is 15.8 Å². The number of Topliss-reactive ketones (excluding diaryl/α,β-unsaturated/α-hetero) is 1. The summed E-state index contributed by atoms with van der Waals surface area (Å²) >= 11 is 9.79. The van der Waals surface area contributed by atoms with Gasteiger partial charge in [0.15, 0.2) is 5.78 Å². The number of aliphatic hydroxyl groups is 1. The number of carbonyl (C=O) groups is 1. The van der Waals surface area contributed by atoms with E-state index in [9.17, 15) is 20.0 Å². The SMILES string of the molecule is O=C1c2cccc([N+](=O)[O-])c2C2(O)Oc3cc(Br)ccc3C12Cl. The van der Waals surface area contributed by atoms with E-state index in [0.717, 1.165) is 0 Å². The molecule has 0 fully saturated rings. The van der Waals surface area contributed by atoms with E-state index >= 15 is 0 Å². The van der Waals surface area contributed by atoms with Crippen molar-refractivity contribution in [1.82, 2.24) is 0 Å². The molecule has 0 bridgehead atoms. The molecule has 2 unspecified atom stereocenters. The zero-order valence-corrected chi connectivity index (χ0v) is 13.6. The molecule has 0 spiro atoms. The van der Waals surface area contributed by atoms with E-state index in [4.69, 9.17) is 16.3 Å². The monoisotopic (exact) mass is 395 g/mol. The molecular weight excluding hydrogens is 390 g/mol. The Kier molecular flexibility index (Phi) is 2.74. The van der Waals surface area contributed by atoms with Gasteiger partial charge in [0.25, 0.3) is 11.5 Å². The van der Waals surface area contributed by atoms with Gasteiger partial charge < -0.3 is 9.84 Å². The van der Waals surface area contributed by atoms with Crippen LogP contribution in [-0.2, 0) is 10.7 Å². The van der Waals surface area contributed by atoms with Crippen LogP contribution in [0.2, 0.25) is 0 Å². The fourth-order valence-electron chi connectivity index (χ4n) is 3.20. The van der Waals surface area contributed by atoms with Crippen molar-refractivity contribution in [3.05, 3.63) is 67.7 Å². The van der Waals surface area contributed by atoms with Crippen LogP contribution in [0.5, 0.6) is 5.75 Å². The summed E-state index contributed by atoms with van der Waals surface area (Å²) in [7, 11) is 0. The Bertz CT molecular complexity index is 917. The van der Waals surface area contributed by atoms with E-state index in [-0.39, 0.29) is 22.4 Å². The predicted molar refractivity (Wildman–Crippen MR) is 83.6 cm³/mol. The van der Waals surface area contributed by atoms with E-state index < -0.39 is 27.1 Å². The van der Waals surface area contributed by atoms with Crippen LogP contribution in [0.3, 0.4) is 0 Å². The topological polar surface area (TPSA) is 89.7 Å². The first kappa shape index (κ1) is 14.6. The molecule has 8 heteroatoms. The summed E-state index contributed by atoms with van der Waals surface area (Å²) in [5, 5.41) is 22.4. The number of hydrogen-bond acceptors (Lipinski definition) is 5. The van der Waals surface area contributed by atoms with E-state index in [0.29, 0.717) is 4.47 Å². The van der Waals surface area contributed by atoms with Crippen LogP contribution in [0.25, 0.3) is 0 Å². The summed E-state index contributed by atoms with van der Waals surface area (Å²) in [6.45, 7) is 0.